The van der Waals surface area contributed by atoms with Crippen molar-refractivity contribution in [1.29, 1.82) is 0 Å². The fourth-order valence-corrected chi connectivity index (χ4v) is 2.01. The van der Waals surface area contributed by atoms with Crippen LogP contribution >= 0.6 is 12.2 Å². The molecule has 0 spiro atoms. The second-order valence-corrected chi connectivity index (χ2v) is 4.36. The van der Waals surface area contributed by atoms with Crippen LogP contribution in [0.25, 0.3) is 0 Å². The fraction of sp³-hybridized carbons (Fsp3) is 0.417. The Morgan fingerprint density at radius 1 is 1.33 bits per heavy atom. The van der Waals surface area contributed by atoms with E-state index in [4.69, 9.17) is 12.2 Å². The molecule has 1 saturated heterocycles. The summed E-state index contributed by atoms with van der Waals surface area (Å²) in [5.41, 5.74) is 3.71. The quantitative estimate of drug-likeness (QED) is 0.391. The van der Waals surface area contributed by atoms with Gasteiger partial charge in [0.2, 0.25) is 0 Å². The minimum Gasteiger partial charge on any atom is -0.348 e. The van der Waals surface area contributed by atoms with Crippen LogP contribution in [0, 0.1) is 0 Å². The molecule has 0 atom stereocenters. The molecule has 1 N–H and O–H groups in total. The van der Waals surface area contributed by atoms with Gasteiger partial charge < -0.3 is 4.90 Å². The van der Waals surface area contributed by atoms with E-state index in [2.05, 4.69) is 20.4 Å². The van der Waals surface area contributed by atoms with Gasteiger partial charge in [-0.05, 0) is 43.6 Å². The van der Waals surface area contributed by atoms with Gasteiger partial charge in [0.15, 0.2) is 5.11 Å². The summed E-state index contributed by atoms with van der Waals surface area (Å²) in [5.74, 6) is 0. The molecule has 0 aromatic carbocycles. The van der Waals surface area contributed by atoms with E-state index in [1.807, 2.05) is 18.2 Å². The van der Waals surface area contributed by atoms with Gasteiger partial charge in [-0.3, -0.25) is 10.4 Å². The van der Waals surface area contributed by atoms with Gasteiger partial charge in [0, 0.05) is 19.3 Å². The van der Waals surface area contributed by atoms with Crippen molar-refractivity contribution >= 4 is 23.5 Å². The number of aromatic nitrogens is 1. The largest absolute Gasteiger partial charge is 2.00 e. The minimum absolute atomic E-state index is 0. The first kappa shape index (κ1) is 15.1. The number of nitrogens with one attached hydrogen (secondary N) is 1. The van der Waals surface area contributed by atoms with Gasteiger partial charge in [-0.25, -0.2) is 0 Å². The number of hydrogen-bond acceptors (Lipinski definition) is 3. The summed E-state index contributed by atoms with van der Waals surface area (Å²) >= 11 is 5.27. The molecule has 1 aromatic heterocycles. The number of hydrogen-bond donors (Lipinski definition) is 1. The van der Waals surface area contributed by atoms with Gasteiger partial charge in [0.1, 0.15) is 0 Å². The van der Waals surface area contributed by atoms with Crippen molar-refractivity contribution in [2.45, 2.75) is 19.3 Å². The van der Waals surface area contributed by atoms with Crippen molar-refractivity contribution < 1.29 is 17.1 Å². The van der Waals surface area contributed by atoms with E-state index in [9.17, 15) is 0 Å². The zero-order chi connectivity index (χ0) is 11.9. The van der Waals surface area contributed by atoms with E-state index in [-0.39, 0.29) is 17.1 Å². The van der Waals surface area contributed by atoms with Crippen molar-refractivity contribution in [3.8, 4) is 0 Å². The molecule has 1 radical (unpaired) electrons. The zero-order valence-corrected chi connectivity index (χ0v) is 11.7. The van der Waals surface area contributed by atoms with Gasteiger partial charge in [-0.1, -0.05) is 6.07 Å². The van der Waals surface area contributed by atoms with E-state index in [1.54, 1.807) is 12.4 Å². The van der Waals surface area contributed by atoms with E-state index in [1.165, 1.54) is 19.3 Å². The average molecular weight is 312 g/mol. The van der Waals surface area contributed by atoms with Gasteiger partial charge in [-0.15, -0.1) is 0 Å². The fourth-order valence-electron chi connectivity index (χ4n) is 1.77. The van der Waals surface area contributed by atoms with Crippen LogP contribution in [0.1, 0.15) is 25.0 Å². The Labute approximate surface area is 123 Å². The number of nitrogens with zero attached hydrogens (tertiary/aromatic N) is 3. The van der Waals surface area contributed by atoms with Gasteiger partial charge >= 0.3 is 17.1 Å². The molecule has 0 saturated carbocycles. The Bertz CT molecular complexity index is 390. The molecule has 99 valence electrons. The molecule has 0 unspecified atom stereocenters. The summed E-state index contributed by atoms with van der Waals surface area (Å²) in [6.07, 6.45) is 7.15. The monoisotopic (exact) mass is 311 g/mol. The van der Waals surface area contributed by atoms with Crippen LogP contribution in [-0.4, -0.2) is 34.3 Å². The molecular formula is C12H16CuN4S+2. The van der Waals surface area contributed by atoms with Crippen LogP contribution in [0.3, 0.4) is 0 Å². The van der Waals surface area contributed by atoms with Crippen molar-refractivity contribution in [3.05, 3.63) is 30.1 Å². The summed E-state index contributed by atoms with van der Waals surface area (Å²) in [7, 11) is 0. The van der Waals surface area contributed by atoms with Crippen LogP contribution in [0.2, 0.25) is 0 Å². The molecule has 1 aliphatic heterocycles. The Kier molecular flexibility index (Phi) is 6.86. The predicted octanol–water partition coefficient (Wildman–Crippen LogP) is 1.77. The van der Waals surface area contributed by atoms with Crippen molar-refractivity contribution in [2.24, 2.45) is 5.10 Å². The Morgan fingerprint density at radius 3 is 2.78 bits per heavy atom. The predicted molar refractivity (Wildman–Crippen MR) is 73.0 cm³/mol. The molecule has 1 aliphatic rings. The molecule has 2 rings (SSSR count). The number of thiocarbonyl (C=S) groups is 1. The van der Waals surface area contributed by atoms with Crippen molar-refractivity contribution in [2.75, 3.05) is 13.1 Å². The Hall–Kier alpha value is -0.971. The van der Waals surface area contributed by atoms with Gasteiger partial charge in [0.05, 0.1) is 11.9 Å². The van der Waals surface area contributed by atoms with Crippen LogP contribution in [0.15, 0.2) is 29.5 Å². The molecule has 0 bridgehead atoms. The van der Waals surface area contributed by atoms with Gasteiger partial charge in [0.25, 0.3) is 0 Å². The van der Waals surface area contributed by atoms with E-state index >= 15 is 0 Å². The SMILES string of the molecule is S=C(NN=Cc1ccccn1)N1CCCCC1.[Cu+2]. The van der Waals surface area contributed by atoms with E-state index in [0.29, 0.717) is 5.11 Å². The number of rotatable bonds is 2. The van der Waals surface area contributed by atoms with Crippen LogP contribution < -0.4 is 5.43 Å². The first-order valence-electron chi connectivity index (χ1n) is 5.85. The second kappa shape index (κ2) is 8.19. The number of piperidine rings is 1. The average Bonchev–Trinajstić information content (AvgIpc) is 2.41. The zero-order valence-electron chi connectivity index (χ0n) is 9.97. The molecule has 1 aromatic rings. The minimum atomic E-state index is 0. The Balaban J connectivity index is 0.00000162. The maximum Gasteiger partial charge on any atom is 2.00 e. The van der Waals surface area contributed by atoms with Crippen LogP contribution in [0.5, 0.6) is 0 Å². The molecule has 18 heavy (non-hydrogen) atoms. The number of hydrazone groups is 1. The normalized spacial score (nSPS) is 15.2. The van der Waals surface area contributed by atoms with Crippen molar-refractivity contribution in [3.63, 3.8) is 0 Å². The third-order valence-electron chi connectivity index (χ3n) is 2.69. The smallest absolute Gasteiger partial charge is 0.348 e. The Morgan fingerprint density at radius 2 is 2.11 bits per heavy atom. The third-order valence-corrected chi connectivity index (χ3v) is 3.04. The second-order valence-electron chi connectivity index (χ2n) is 3.98. The van der Waals surface area contributed by atoms with E-state index in [0.717, 1.165) is 18.8 Å². The molecular weight excluding hydrogens is 296 g/mol. The maximum absolute atomic E-state index is 5.27. The first-order chi connectivity index (χ1) is 8.36. The molecule has 6 heteroatoms. The summed E-state index contributed by atoms with van der Waals surface area (Å²) in [4.78, 5) is 6.30. The van der Waals surface area contributed by atoms with Crippen LogP contribution in [0.4, 0.5) is 0 Å². The molecule has 0 amide bonds. The summed E-state index contributed by atoms with van der Waals surface area (Å²) in [6.45, 7) is 2.07. The van der Waals surface area contributed by atoms with Crippen molar-refractivity contribution in [1.82, 2.24) is 15.3 Å². The molecule has 2 heterocycles. The summed E-state index contributed by atoms with van der Waals surface area (Å²) in [5, 5.41) is 4.80. The van der Waals surface area contributed by atoms with Gasteiger partial charge in [-0.2, -0.15) is 5.10 Å². The molecule has 1 fully saturated rings. The molecule has 4 nitrogen and oxygen atoms in total. The first-order valence-corrected chi connectivity index (χ1v) is 6.26. The molecule has 0 aliphatic carbocycles. The van der Waals surface area contributed by atoms with Crippen LogP contribution in [-0.2, 0) is 17.1 Å². The number of likely N-dealkylation sites (tertiary alicyclic amines) is 1. The third kappa shape index (κ3) is 4.72. The van der Waals surface area contributed by atoms with E-state index < -0.39 is 0 Å². The standard InChI is InChI=1S/C12H16N4S.Cu/c17-12(16-8-4-1-5-9-16)15-14-10-11-6-2-3-7-13-11;/h2-3,6-7,10H,1,4-5,8-9H2,(H,15,17);/q;+2. The number of pyridine rings is 1. The topological polar surface area (TPSA) is 40.5 Å². The maximum atomic E-state index is 5.27. The summed E-state index contributed by atoms with van der Waals surface area (Å²) < 4.78 is 0. The summed E-state index contributed by atoms with van der Waals surface area (Å²) in [6, 6.07) is 5.70.